The smallest absolute Gasteiger partial charge is 0.305 e. The molecule has 0 heterocycles. The van der Waals surface area contributed by atoms with Crippen LogP contribution < -0.4 is 0 Å². The molecule has 20 heavy (non-hydrogen) atoms. The average molecular weight is 286 g/mol. The number of carbonyl (C=O) groups is 2. The van der Waals surface area contributed by atoms with Gasteiger partial charge in [0.2, 0.25) is 0 Å². The Morgan fingerprint density at radius 2 is 1.80 bits per heavy atom. The Balaban J connectivity index is 0. The molecule has 0 N–H and O–H groups in total. The lowest BCUT2D eigenvalue weighted by atomic mass is 10.1. The van der Waals surface area contributed by atoms with E-state index in [4.69, 9.17) is 4.74 Å². The Hall–Kier alpha value is -1.32. The summed E-state index contributed by atoms with van der Waals surface area (Å²) in [5.41, 5.74) is 0. The highest BCUT2D eigenvalue weighted by Gasteiger charge is 2.05. The van der Waals surface area contributed by atoms with Crippen molar-refractivity contribution in [2.45, 2.75) is 72.3 Å². The van der Waals surface area contributed by atoms with Gasteiger partial charge in [-0.3, -0.25) is 9.59 Å². The zero-order valence-electron chi connectivity index (χ0n) is 13.4. The minimum atomic E-state index is -0.226. The molecule has 0 aliphatic carbocycles. The molecule has 0 aliphatic heterocycles. The molecule has 0 fully saturated rings. The van der Waals surface area contributed by atoms with Crippen molar-refractivity contribution in [3.8, 4) is 0 Å². The van der Waals surface area contributed by atoms with Crippen molar-refractivity contribution in [2.24, 2.45) is 0 Å². The summed E-state index contributed by atoms with van der Waals surface area (Å²) < 4.78 is 9.63. The first-order valence-corrected chi connectivity index (χ1v) is 7.47. The van der Waals surface area contributed by atoms with Gasteiger partial charge in [-0.25, -0.2) is 0 Å². The summed E-state index contributed by atoms with van der Waals surface area (Å²) in [6.45, 7) is 11.5. The molecule has 0 aromatic carbocycles. The van der Waals surface area contributed by atoms with Crippen molar-refractivity contribution in [1.82, 2.24) is 0 Å². The first kappa shape index (κ1) is 21.0. The molecule has 0 rings (SSSR count). The monoisotopic (exact) mass is 286 g/mol. The molecule has 4 nitrogen and oxygen atoms in total. The maximum atomic E-state index is 10.6. The molecule has 0 amide bonds. The first-order valence-electron chi connectivity index (χ1n) is 7.47. The van der Waals surface area contributed by atoms with Gasteiger partial charge in [0.1, 0.15) is 6.10 Å². The molecule has 0 saturated heterocycles. The summed E-state index contributed by atoms with van der Waals surface area (Å²) in [6, 6.07) is 0. The number of rotatable bonds is 9. The second-order valence-corrected chi connectivity index (χ2v) is 4.43. The highest BCUT2D eigenvalue weighted by molar-refractivity contribution is 5.69. The lowest BCUT2D eigenvalue weighted by Gasteiger charge is -2.11. The second-order valence-electron chi connectivity index (χ2n) is 4.43. The van der Waals surface area contributed by atoms with E-state index >= 15 is 0 Å². The Labute approximate surface area is 123 Å². The van der Waals surface area contributed by atoms with Crippen LogP contribution in [0.3, 0.4) is 0 Å². The summed E-state index contributed by atoms with van der Waals surface area (Å²) in [5.74, 6) is -0.314. The molecule has 1 atom stereocenters. The van der Waals surface area contributed by atoms with E-state index in [1.165, 1.54) is 19.8 Å². The molecular formula is C16H30O4. The number of hydrogen-bond acceptors (Lipinski definition) is 4. The molecule has 0 aromatic rings. The van der Waals surface area contributed by atoms with Crippen LogP contribution in [0.1, 0.15) is 66.2 Å². The molecule has 0 radical (unpaired) electrons. The Kier molecular flexibility index (Phi) is 16.5. The van der Waals surface area contributed by atoms with Crippen LogP contribution in [0.5, 0.6) is 0 Å². The van der Waals surface area contributed by atoms with Crippen LogP contribution in [-0.4, -0.2) is 24.6 Å². The molecule has 0 bridgehead atoms. The van der Waals surface area contributed by atoms with Crippen LogP contribution in [0, 0.1) is 0 Å². The fourth-order valence-electron chi connectivity index (χ4n) is 1.47. The zero-order valence-corrected chi connectivity index (χ0v) is 13.4. The van der Waals surface area contributed by atoms with Crippen molar-refractivity contribution in [3.05, 3.63) is 12.7 Å². The van der Waals surface area contributed by atoms with E-state index in [1.807, 2.05) is 13.8 Å². The summed E-state index contributed by atoms with van der Waals surface area (Å²) >= 11 is 0. The van der Waals surface area contributed by atoms with Crippen molar-refractivity contribution in [3.63, 3.8) is 0 Å². The third kappa shape index (κ3) is 16.7. The predicted octanol–water partition coefficient (Wildman–Crippen LogP) is 4.03. The van der Waals surface area contributed by atoms with E-state index in [9.17, 15) is 9.59 Å². The summed E-state index contributed by atoms with van der Waals surface area (Å²) in [6.07, 6.45) is 7.39. The summed E-state index contributed by atoms with van der Waals surface area (Å²) in [5, 5.41) is 0. The van der Waals surface area contributed by atoms with Crippen molar-refractivity contribution < 1.29 is 19.1 Å². The van der Waals surface area contributed by atoms with Crippen LogP contribution in [-0.2, 0) is 19.1 Å². The normalized spacial score (nSPS) is 10.8. The molecule has 0 spiro atoms. The van der Waals surface area contributed by atoms with E-state index in [1.54, 1.807) is 6.08 Å². The topological polar surface area (TPSA) is 52.6 Å². The Morgan fingerprint density at radius 1 is 1.15 bits per heavy atom. The largest absolute Gasteiger partial charge is 0.466 e. The van der Waals surface area contributed by atoms with Crippen molar-refractivity contribution >= 4 is 11.9 Å². The summed E-state index contributed by atoms with van der Waals surface area (Å²) in [7, 11) is 0. The van der Waals surface area contributed by atoms with E-state index < -0.39 is 0 Å². The van der Waals surface area contributed by atoms with Gasteiger partial charge in [0, 0.05) is 13.3 Å². The molecule has 1 unspecified atom stereocenters. The minimum Gasteiger partial charge on any atom is -0.466 e. The van der Waals surface area contributed by atoms with E-state index in [-0.39, 0.29) is 18.0 Å². The lowest BCUT2D eigenvalue weighted by molar-refractivity contribution is -0.144. The third-order valence-corrected chi connectivity index (χ3v) is 2.43. The van der Waals surface area contributed by atoms with Gasteiger partial charge >= 0.3 is 11.9 Å². The van der Waals surface area contributed by atoms with Gasteiger partial charge in [-0.2, -0.15) is 0 Å². The first-order chi connectivity index (χ1) is 9.51. The molecule has 0 aliphatic rings. The minimum absolute atomic E-state index is 0.0880. The van der Waals surface area contributed by atoms with Crippen LogP contribution in [0.4, 0.5) is 0 Å². The van der Waals surface area contributed by atoms with Crippen molar-refractivity contribution in [1.29, 1.82) is 0 Å². The van der Waals surface area contributed by atoms with E-state index in [2.05, 4.69) is 18.2 Å². The number of carbonyl (C=O) groups excluding carboxylic acids is 2. The third-order valence-electron chi connectivity index (χ3n) is 2.43. The van der Waals surface area contributed by atoms with E-state index in [0.29, 0.717) is 13.0 Å². The highest BCUT2D eigenvalue weighted by Crippen LogP contribution is 2.07. The Bertz CT molecular complexity index is 253. The van der Waals surface area contributed by atoms with Gasteiger partial charge in [0.25, 0.3) is 0 Å². The number of unbranched alkanes of at least 4 members (excludes halogenated alkanes) is 2. The molecular weight excluding hydrogens is 256 g/mol. The fraction of sp³-hybridized carbons (Fsp3) is 0.750. The molecule has 118 valence electrons. The quantitative estimate of drug-likeness (QED) is 0.365. The maximum absolute atomic E-state index is 10.6. The van der Waals surface area contributed by atoms with Crippen LogP contribution >= 0.6 is 0 Å². The van der Waals surface area contributed by atoms with Crippen LogP contribution in [0.2, 0.25) is 0 Å². The van der Waals surface area contributed by atoms with Gasteiger partial charge in [0.05, 0.1) is 6.61 Å². The second kappa shape index (κ2) is 15.7. The number of esters is 2. The van der Waals surface area contributed by atoms with Gasteiger partial charge in [-0.1, -0.05) is 39.3 Å². The zero-order chi connectivity index (χ0) is 15.8. The molecule has 4 heteroatoms. The van der Waals surface area contributed by atoms with Gasteiger partial charge in [0.15, 0.2) is 0 Å². The number of hydrogen-bond donors (Lipinski definition) is 0. The van der Waals surface area contributed by atoms with Gasteiger partial charge in [-0.05, 0) is 26.2 Å². The SMILES string of the molecule is C=CC(CCCCC)OC(C)=O.CCCC(=O)OCC. The molecule has 0 aromatic heterocycles. The van der Waals surface area contributed by atoms with Gasteiger partial charge < -0.3 is 9.47 Å². The highest BCUT2D eigenvalue weighted by atomic mass is 16.5. The lowest BCUT2D eigenvalue weighted by Crippen LogP contribution is -2.12. The summed E-state index contributed by atoms with van der Waals surface area (Å²) in [4.78, 5) is 21.0. The van der Waals surface area contributed by atoms with Gasteiger partial charge in [-0.15, -0.1) is 0 Å². The standard InChI is InChI=1S/C10H18O2.C6H12O2/c1-4-6-7-8-10(5-2)12-9(3)11;1-3-5-6(7)8-4-2/h5,10H,2,4,6-8H2,1,3H3;3-5H2,1-2H3. The fourth-order valence-corrected chi connectivity index (χ4v) is 1.47. The van der Waals surface area contributed by atoms with E-state index in [0.717, 1.165) is 19.3 Å². The number of ether oxygens (including phenoxy) is 2. The van der Waals surface area contributed by atoms with Crippen molar-refractivity contribution in [2.75, 3.05) is 6.61 Å². The Morgan fingerprint density at radius 3 is 2.20 bits per heavy atom. The average Bonchev–Trinajstić information content (AvgIpc) is 2.38. The molecule has 0 saturated carbocycles. The van der Waals surface area contributed by atoms with Crippen LogP contribution in [0.15, 0.2) is 12.7 Å². The predicted molar refractivity (Wildman–Crippen MR) is 81.4 cm³/mol. The van der Waals surface area contributed by atoms with Crippen LogP contribution in [0.25, 0.3) is 0 Å². The maximum Gasteiger partial charge on any atom is 0.305 e.